The molecule has 7 heterocycles. The Morgan fingerprint density at radius 3 is 2.24 bits per heavy atom. The van der Waals surface area contributed by atoms with Gasteiger partial charge in [-0.15, -0.1) is 11.3 Å². The molecule has 9 rings (SSSR count). The van der Waals surface area contributed by atoms with E-state index < -0.39 is 0 Å². The average molecular weight is 820 g/mol. The highest BCUT2D eigenvalue weighted by Crippen LogP contribution is 2.37. The van der Waals surface area contributed by atoms with Gasteiger partial charge in [-0.3, -0.25) is 14.6 Å². The Bertz CT molecular complexity index is 2300. The van der Waals surface area contributed by atoms with Crippen LogP contribution in [0, 0.1) is 0 Å². The van der Waals surface area contributed by atoms with Crippen LogP contribution in [-0.4, -0.2) is 115 Å². The maximum Gasteiger partial charge on any atom is 0.258 e. The lowest BCUT2D eigenvalue weighted by Crippen LogP contribution is -2.41. The van der Waals surface area contributed by atoms with Gasteiger partial charge in [-0.1, -0.05) is 32.0 Å². The molecule has 4 aliphatic rings. The van der Waals surface area contributed by atoms with Crippen LogP contribution >= 0.6 is 11.3 Å². The van der Waals surface area contributed by atoms with E-state index in [0.717, 1.165) is 111 Å². The Balaban J connectivity index is 0.750. The maximum atomic E-state index is 13.5. The number of amides is 1. The Labute approximate surface area is 348 Å². The minimum absolute atomic E-state index is 0.0117. The number of aromatic nitrogens is 4. The first-order chi connectivity index (χ1) is 28.6. The number of carbonyl (C=O) groups excluding carboxylic acids is 1. The number of nitrogen functional groups attached to an aromatic ring is 1. The molecular formula is C44H53N9O5S. The van der Waals surface area contributed by atoms with Gasteiger partial charge in [-0.25, -0.2) is 19.9 Å². The van der Waals surface area contributed by atoms with Crippen LogP contribution in [0.2, 0.25) is 0 Å². The standard InChI is InChI=1S/C44H53N9O5S/c1-27(2)35-19-36(39(55)20-38(35)54)43(56)53-24-29-4-3-28(17-30(29)25-53)23-50-9-5-32(6-10-50)58-33-7-11-51(12-8-33)26-34-18-37-40(59-34)42(52-13-15-57-16-14-52)49-41(48-37)31-21-46-44(45)47-22-31/h3-4,17-22,27,32-33,54-55H,5-16,23-26H2,1-2H3,(H2,45,46,47). The van der Waals surface area contributed by atoms with E-state index in [9.17, 15) is 15.0 Å². The van der Waals surface area contributed by atoms with Crippen molar-refractivity contribution in [1.29, 1.82) is 0 Å². The first-order valence-corrected chi connectivity index (χ1v) is 21.7. The van der Waals surface area contributed by atoms with Gasteiger partial charge in [0.1, 0.15) is 11.5 Å². The van der Waals surface area contributed by atoms with Gasteiger partial charge in [-0.05, 0) is 66.0 Å². The number of benzene rings is 2. The second kappa shape index (κ2) is 17.0. The van der Waals surface area contributed by atoms with E-state index in [1.807, 2.05) is 13.8 Å². The molecule has 59 heavy (non-hydrogen) atoms. The van der Waals surface area contributed by atoms with E-state index in [-0.39, 0.29) is 47.0 Å². The van der Waals surface area contributed by atoms with E-state index in [4.69, 9.17) is 25.2 Å². The summed E-state index contributed by atoms with van der Waals surface area (Å²) in [5, 5.41) is 20.8. The Morgan fingerprint density at radius 2 is 1.54 bits per heavy atom. The van der Waals surface area contributed by atoms with Crippen LogP contribution in [-0.2, 0) is 35.7 Å². The van der Waals surface area contributed by atoms with Crippen molar-refractivity contribution < 1.29 is 24.5 Å². The number of piperidine rings is 2. The number of fused-ring (bicyclic) bond motifs is 2. The van der Waals surface area contributed by atoms with Crippen LogP contribution in [0.4, 0.5) is 11.8 Å². The number of likely N-dealkylation sites (tertiary alicyclic amines) is 2. The van der Waals surface area contributed by atoms with Crippen LogP contribution in [0.25, 0.3) is 21.6 Å². The van der Waals surface area contributed by atoms with E-state index >= 15 is 0 Å². The molecule has 15 heteroatoms. The molecule has 0 spiro atoms. The molecule has 310 valence electrons. The molecule has 2 aromatic carbocycles. The number of aromatic hydroxyl groups is 2. The fourth-order valence-corrected chi connectivity index (χ4v) is 10.0. The summed E-state index contributed by atoms with van der Waals surface area (Å²) in [5.74, 6) is 1.41. The normalized spacial score (nSPS) is 18.6. The molecular weight excluding hydrogens is 767 g/mol. The van der Waals surface area contributed by atoms with Crippen molar-refractivity contribution in [2.75, 3.05) is 63.1 Å². The molecule has 4 aliphatic heterocycles. The van der Waals surface area contributed by atoms with Crippen LogP contribution in [0.1, 0.15) is 82.9 Å². The van der Waals surface area contributed by atoms with Crippen molar-refractivity contribution in [3.8, 4) is 22.9 Å². The molecule has 1 amide bonds. The summed E-state index contributed by atoms with van der Waals surface area (Å²) in [5.41, 5.74) is 11.9. The molecule has 3 aromatic heterocycles. The van der Waals surface area contributed by atoms with E-state index in [0.29, 0.717) is 37.7 Å². The zero-order valence-corrected chi connectivity index (χ0v) is 34.7. The molecule has 3 saturated heterocycles. The highest BCUT2D eigenvalue weighted by Gasteiger charge is 2.30. The first-order valence-electron chi connectivity index (χ1n) is 20.9. The zero-order chi connectivity index (χ0) is 40.6. The molecule has 0 unspecified atom stereocenters. The van der Waals surface area contributed by atoms with Gasteiger partial charge in [0.15, 0.2) is 11.6 Å². The SMILES string of the molecule is CC(C)c1cc(C(=O)N2Cc3ccc(CN4CCC(OC5CCN(Cc6cc7nc(-c8cnc(N)nc8)nc(N8CCOCC8)c7s6)CC5)CC4)cc3C2)c(O)cc1O. The molecule has 0 saturated carbocycles. The minimum Gasteiger partial charge on any atom is -0.508 e. The molecule has 5 aromatic rings. The van der Waals surface area contributed by atoms with Gasteiger partial charge >= 0.3 is 0 Å². The third kappa shape index (κ3) is 8.71. The predicted octanol–water partition coefficient (Wildman–Crippen LogP) is 5.90. The smallest absolute Gasteiger partial charge is 0.258 e. The third-order valence-electron chi connectivity index (χ3n) is 12.2. The van der Waals surface area contributed by atoms with E-state index in [1.54, 1.807) is 34.7 Å². The number of ether oxygens (including phenoxy) is 2. The molecule has 4 N–H and O–H groups in total. The van der Waals surface area contributed by atoms with Gasteiger partial charge < -0.3 is 35.2 Å². The van der Waals surface area contributed by atoms with Crippen molar-refractivity contribution >= 4 is 39.2 Å². The topological polar surface area (TPSA) is 167 Å². The summed E-state index contributed by atoms with van der Waals surface area (Å²) in [6.45, 7) is 13.6. The van der Waals surface area contributed by atoms with Gasteiger partial charge in [0.25, 0.3) is 5.91 Å². The van der Waals surface area contributed by atoms with Crippen molar-refractivity contribution in [1.82, 2.24) is 34.6 Å². The van der Waals surface area contributed by atoms with Crippen molar-refractivity contribution in [3.05, 3.63) is 81.5 Å². The fourth-order valence-electron chi connectivity index (χ4n) is 8.86. The van der Waals surface area contributed by atoms with E-state index in [1.165, 1.54) is 16.5 Å². The number of rotatable bonds is 10. The zero-order valence-electron chi connectivity index (χ0n) is 33.8. The number of phenolic OH excluding ortho intramolecular Hbond substituents is 2. The quantitative estimate of drug-likeness (QED) is 0.153. The second-order valence-electron chi connectivity index (χ2n) is 16.7. The van der Waals surface area contributed by atoms with Gasteiger partial charge in [-0.2, -0.15) is 0 Å². The van der Waals surface area contributed by atoms with Crippen molar-refractivity contribution in [2.24, 2.45) is 0 Å². The average Bonchev–Trinajstić information content (AvgIpc) is 3.86. The second-order valence-corrected chi connectivity index (χ2v) is 17.8. The van der Waals surface area contributed by atoms with Gasteiger partial charge in [0.2, 0.25) is 5.95 Å². The number of hydrogen-bond donors (Lipinski definition) is 3. The number of carbonyl (C=O) groups is 1. The van der Waals surface area contributed by atoms with Crippen molar-refractivity contribution in [2.45, 2.75) is 83.8 Å². The number of thiophene rings is 1. The summed E-state index contributed by atoms with van der Waals surface area (Å²) < 4.78 is 13.5. The molecule has 3 fully saturated rings. The molecule has 0 atom stereocenters. The highest BCUT2D eigenvalue weighted by molar-refractivity contribution is 7.19. The summed E-state index contributed by atoms with van der Waals surface area (Å²) >= 11 is 1.79. The number of anilines is 2. The minimum atomic E-state index is -0.221. The maximum absolute atomic E-state index is 13.5. The fraction of sp³-hybridized carbons (Fsp3) is 0.477. The number of nitrogens with zero attached hydrogens (tertiary/aromatic N) is 8. The van der Waals surface area contributed by atoms with Crippen LogP contribution in [0.5, 0.6) is 11.5 Å². The first kappa shape index (κ1) is 39.5. The summed E-state index contributed by atoms with van der Waals surface area (Å²) in [6.07, 6.45) is 8.06. The molecule has 0 aliphatic carbocycles. The lowest BCUT2D eigenvalue weighted by atomic mass is 9.98. The molecule has 0 bridgehead atoms. The van der Waals surface area contributed by atoms with Gasteiger partial charge in [0.05, 0.1) is 46.8 Å². The number of nitrogens with two attached hydrogens (primary N) is 1. The lowest BCUT2D eigenvalue weighted by molar-refractivity contribution is -0.0663. The summed E-state index contributed by atoms with van der Waals surface area (Å²) in [6, 6.07) is 11.7. The van der Waals surface area contributed by atoms with E-state index in [2.05, 4.69) is 48.9 Å². The Hall–Kier alpha value is -4.93. The number of phenols is 2. The number of hydrogen-bond acceptors (Lipinski definition) is 14. The monoisotopic (exact) mass is 819 g/mol. The Morgan fingerprint density at radius 1 is 0.864 bits per heavy atom. The van der Waals surface area contributed by atoms with Crippen LogP contribution < -0.4 is 10.6 Å². The van der Waals surface area contributed by atoms with Gasteiger partial charge in [0, 0.05) is 88.8 Å². The summed E-state index contributed by atoms with van der Waals surface area (Å²) in [7, 11) is 0. The molecule has 14 nitrogen and oxygen atoms in total. The van der Waals surface area contributed by atoms with Crippen LogP contribution in [0.3, 0.4) is 0 Å². The largest absolute Gasteiger partial charge is 0.508 e. The lowest BCUT2D eigenvalue weighted by Gasteiger charge is -2.37. The Kier molecular flexibility index (Phi) is 11.4. The third-order valence-corrected chi connectivity index (χ3v) is 13.3. The number of morpholine rings is 1. The predicted molar refractivity (Wildman–Crippen MR) is 227 cm³/mol. The summed E-state index contributed by atoms with van der Waals surface area (Å²) in [4.78, 5) is 42.2. The van der Waals surface area contributed by atoms with Crippen LogP contribution in [0.15, 0.2) is 48.8 Å². The van der Waals surface area contributed by atoms with Crippen molar-refractivity contribution in [3.63, 3.8) is 0 Å². The molecule has 0 radical (unpaired) electrons. The highest BCUT2D eigenvalue weighted by atomic mass is 32.1.